The van der Waals surface area contributed by atoms with Crippen molar-refractivity contribution in [2.24, 2.45) is 5.92 Å². The van der Waals surface area contributed by atoms with E-state index in [1.807, 2.05) is 13.8 Å². The third-order valence-electron chi connectivity index (χ3n) is 3.13. The van der Waals surface area contributed by atoms with Crippen molar-refractivity contribution in [2.75, 3.05) is 0 Å². The van der Waals surface area contributed by atoms with Crippen molar-refractivity contribution in [1.29, 1.82) is 0 Å². The molecule has 2 aromatic rings. The zero-order valence-corrected chi connectivity index (χ0v) is 11.8. The van der Waals surface area contributed by atoms with E-state index in [2.05, 4.69) is 15.5 Å². The fourth-order valence-corrected chi connectivity index (χ4v) is 1.83. The number of hydrogen-bond acceptors (Lipinski definition) is 3. The van der Waals surface area contributed by atoms with Gasteiger partial charge in [-0.15, -0.1) is 0 Å². The molecule has 0 bridgehead atoms. The number of carbonyl (C=O) groups excluding carboxylic acids is 1. The van der Waals surface area contributed by atoms with Gasteiger partial charge in [0.15, 0.2) is 11.6 Å². The molecule has 0 spiro atoms. The summed E-state index contributed by atoms with van der Waals surface area (Å²) in [5.74, 6) is -2.35. The standard InChI is InChI=1S/C14H16F2N4O/c1-9(2)13(8-20-17-5-6-18-20)19-14(21)10-3-4-11(15)12(16)7-10/h3-7,9,13H,8H2,1-2H3,(H,19,21). The molecule has 0 aliphatic heterocycles. The maximum Gasteiger partial charge on any atom is 0.251 e. The van der Waals surface area contributed by atoms with E-state index in [9.17, 15) is 13.6 Å². The monoisotopic (exact) mass is 294 g/mol. The smallest absolute Gasteiger partial charge is 0.251 e. The van der Waals surface area contributed by atoms with Gasteiger partial charge in [-0.25, -0.2) is 8.78 Å². The summed E-state index contributed by atoms with van der Waals surface area (Å²) < 4.78 is 26.0. The Hall–Kier alpha value is -2.31. The number of halogens is 2. The Morgan fingerprint density at radius 1 is 1.24 bits per heavy atom. The third kappa shape index (κ3) is 3.84. The van der Waals surface area contributed by atoms with Crippen LogP contribution in [-0.2, 0) is 6.54 Å². The zero-order valence-electron chi connectivity index (χ0n) is 11.8. The number of nitrogens with one attached hydrogen (secondary N) is 1. The minimum absolute atomic E-state index is 0.0768. The fourth-order valence-electron chi connectivity index (χ4n) is 1.83. The SMILES string of the molecule is CC(C)C(Cn1nccn1)NC(=O)c1ccc(F)c(F)c1. The van der Waals surface area contributed by atoms with E-state index in [1.165, 1.54) is 10.9 Å². The lowest BCUT2D eigenvalue weighted by Crippen LogP contribution is -2.42. The quantitative estimate of drug-likeness (QED) is 0.917. The first-order chi connectivity index (χ1) is 9.97. The van der Waals surface area contributed by atoms with Crippen molar-refractivity contribution in [3.63, 3.8) is 0 Å². The lowest BCUT2D eigenvalue weighted by molar-refractivity contribution is 0.0917. The Morgan fingerprint density at radius 2 is 1.90 bits per heavy atom. The zero-order chi connectivity index (χ0) is 15.4. The predicted octanol–water partition coefficient (Wildman–Crippen LogP) is 2.01. The average molecular weight is 294 g/mol. The van der Waals surface area contributed by atoms with E-state index in [-0.39, 0.29) is 17.5 Å². The van der Waals surface area contributed by atoms with Crippen molar-refractivity contribution in [3.8, 4) is 0 Å². The van der Waals surface area contributed by atoms with Crippen LogP contribution >= 0.6 is 0 Å². The lowest BCUT2D eigenvalue weighted by atomic mass is 10.0. The number of nitrogens with zero attached hydrogens (tertiary/aromatic N) is 3. The molecule has 1 atom stereocenters. The number of carbonyl (C=O) groups is 1. The molecule has 0 aliphatic carbocycles. The molecule has 0 radical (unpaired) electrons. The molecule has 1 aromatic heterocycles. The molecule has 0 aliphatic rings. The highest BCUT2D eigenvalue weighted by Gasteiger charge is 2.19. The van der Waals surface area contributed by atoms with Gasteiger partial charge in [-0.1, -0.05) is 13.8 Å². The van der Waals surface area contributed by atoms with Crippen LogP contribution in [0.4, 0.5) is 8.78 Å². The molecule has 1 amide bonds. The number of benzene rings is 1. The molecule has 0 saturated heterocycles. The molecule has 1 N–H and O–H groups in total. The van der Waals surface area contributed by atoms with Crippen LogP contribution in [0, 0.1) is 17.6 Å². The highest BCUT2D eigenvalue weighted by molar-refractivity contribution is 5.94. The van der Waals surface area contributed by atoms with E-state index in [0.29, 0.717) is 6.54 Å². The van der Waals surface area contributed by atoms with Crippen LogP contribution in [-0.4, -0.2) is 26.9 Å². The van der Waals surface area contributed by atoms with Crippen LogP contribution in [0.15, 0.2) is 30.6 Å². The first-order valence-corrected chi connectivity index (χ1v) is 6.57. The second kappa shape index (κ2) is 6.43. The first-order valence-electron chi connectivity index (χ1n) is 6.57. The summed E-state index contributed by atoms with van der Waals surface area (Å²) in [4.78, 5) is 13.6. The van der Waals surface area contributed by atoms with Crippen LogP contribution in [0.3, 0.4) is 0 Å². The predicted molar refractivity (Wildman–Crippen MR) is 72.5 cm³/mol. The Bertz CT molecular complexity index is 613. The number of hydrogen-bond donors (Lipinski definition) is 1. The van der Waals surface area contributed by atoms with Crippen LogP contribution in [0.1, 0.15) is 24.2 Å². The Kier molecular flexibility index (Phi) is 4.62. The van der Waals surface area contributed by atoms with Gasteiger partial charge < -0.3 is 5.32 Å². The van der Waals surface area contributed by atoms with Gasteiger partial charge in [0.05, 0.1) is 25.0 Å². The molecule has 112 valence electrons. The third-order valence-corrected chi connectivity index (χ3v) is 3.13. The normalized spacial score (nSPS) is 12.4. The summed E-state index contributed by atoms with van der Waals surface area (Å²) in [6.45, 7) is 4.29. The number of rotatable bonds is 5. The molecule has 7 heteroatoms. The van der Waals surface area contributed by atoms with Crippen molar-refractivity contribution in [3.05, 3.63) is 47.8 Å². The summed E-state index contributed by atoms with van der Waals surface area (Å²) in [6, 6.07) is 2.84. The van der Waals surface area contributed by atoms with E-state index < -0.39 is 17.5 Å². The van der Waals surface area contributed by atoms with Crippen molar-refractivity contribution >= 4 is 5.91 Å². The van der Waals surface area contributed by atoms with Gasteiger partial charge >= 0.3 is 0 Å². The summed E-state index contributed by atoms with van der Waals surface area (Å²) in [5, 5.41) is 10.8. The summed E-state index contributed by atoms with van der Waals surface area (Å²) in [6.07, 6.45) is 3.10. The van der Waals surface area contributed by atoms with Gasteiger partial charge in [0.25, 0.3) is 5.91 Å². The maximum atomic E-state index is 13.2. The Morgan fingerprint density at radius 3 is 2.48 bits per heavy atom. The second-order valence-electron chi connectivity index (χ2n) is 5.04. The largest absolute Gasteiger partial charge is 0.347 e. The Labute approximate surface area is 121 Å². The van der Waals surface area contributed by atoms with Gasteiger partial charge in [-0.05, 0) is 24.1 Å². The summed E-state index contributed by atoms with van der Waals surface area (Å²) in [7, 11) is 0. The maximum absolute atomic E-state index is 13.2. The highest BCUT2D eigenvalue weighted by Crippen LogP contribution is 2.10. The van der Waals surface area contributed by atoms with Crippen LogP contribution in [0.5, 0.6) is 0 Å². The molecule has 0 saturated carbocycles. The molecule has 21 heavy (non-hydrogen) atoms. The fraction of sp³-hybridized carbons (Fsp3) is 0.357. The number of amides is 1. The van der Waals surface area contributed by atoms with E-state index in [0.717, 1.165) is 12.1 Å². The second-order valence-corrected chi connectivity index (χ2v) is 5.04. The van der Waals surface area contributed by atoms with E-state index in [4.69, 9.17) is 0 Å². The molecule has 0 fully saturated rings. The molecular formula is C14H16F2N4O. The van der Waals surface area contributed by atoms with Gasteiger partial charge in [0, 0.05) is 5.56 Å². The van der Waals surface area contributed by atoms with Crippen LogP contribution in [0.2, 0.25) is 0 Å². The minimum atomic E-state index is -1.04. The molecular weight excluding hydrogens is 278 g/mol. The first kappa shape index (κ1) is 15.1. The topological polar surface area (TPSA) is 59.8 Å². The van der Waals surface area contributed by atoms with E-state index >= 15 is 0 Å². The van der Waals surface area contributed by atoms with Gasteiger partial charge in [-0.3, -0.25) is 4.79 Å². The molecule has 1 aromatic carbocycles. The summed E-state index contributed by atoms with van der Waals surface area (Å²) >= 11 is 0. The molecule has 5 nitrogen and oxygen atoms in total. The van der Waals surface area contributed by atoms with Crippen molar-refractivity contribution in [1.82, 2.24) is 20.3 Å². The van der Waals surface area contributed by atoms with Gasteiger partial charge in [0.2, 0.25) is 0 Å². The summed E-state index contributed by atoms with van der Waals surface area (Å²) in [5.41, 5.74) is 0.0768. The van der Waals surface area contributed by atoms with Gasteiger partial charge in [0.1, 0.15) is 0 Å². The average Bonchev–Trinajstić information content (AvgIpc) is 2.93. The van der Waals surface area contributed by atoms with Crippen molar-refractivity contribution in [2.45, 2.75) is 26.4 Å². The van der Waals surface area contributed by atoms with Crippen LogP contribution < -0.4 is 5.32 Å². The number of aromatic nitrogens is 3. The van der Waals surface area contributed by atoms with Crippen molar-refractivity contribution < 1.29 is 13.6 Å². The van der Waals surface area contributed by atoms with E-state index in [1.54, 1.807) is 12.4 Å². The Balaban J connectivity index is 2.09. The lowest BCUT2D eigenvalue weighted by Gasteiger charge is -2.21. The molecule has 1 heterocycles. The molecule has 1 unspecified atom stereocenters. The minimum Gasteiger partial charge on any atom is -0.347 e. The van der Waals surface area contributed by atoms with Gasteiger partial charge in [-0.2, -0.15) is 15.0 Å². The van der Waals surface area contributed by atoms with Crippen LogP contribution in [0.25, 0.3) is 0 Å². The molecule has 2 rings (SSSR count). The highest BCUT2D eigenvalue weighted by atomic mass is 19.2.